The molecule has 5 aromatic carbocycles. The lowest BCUT2D eigenvalue weighted by Crippen LogP contribution is -1.79. The maximum atomic E-state index is 6.21. The summed E-state index contributed by atoms with van der Waals surface area (Å²) in [5.41, 5.74) is 5.70. The standard InChI is InChI=1S/C28H15NO/c1-2-8-17-16(7-1)15-20-26-22(29-21-11-5-3-9-18(21)25(17)28(20)29)13-14-24-27(26)19-10-4-6-12-23(19)30-24/h1-15H. The number of nitrogens with zero attached hydrogens (tertiary/aromatic N) is 1. The van der Waals surface area contributed by atoms with Gasteiger partial charge in [-0.15, -0.1) is 0 Å². The first-order valence-electron chi connectivity index (χ1n) is 10.3. The van der Waals surface area contributed by atoms with Crippen LogP contribution in [0.3, 0.4) is 0 Å². The smallest absolute Gasteiger partial charge is 0.136 e. The number of para-hydroxylation sites is 2. The summed E-state index contributed by atoms with van der Waals surface area (Å²) in [6.45, 7) is 0. The summed E-state index contributed by atoms with van der Waals surface area (Å²) < 4.78 is 8.66. The van der Waals surface area contributed by atoms with Crippen LogP contribution in [0.2, 0.25) is 0 Å². The molecule has 0 aliphatic heterocycles. The molecule has 138 valence electrons. The van der Waals surface area contributed by atoms with Crippen LogP contribution in [-0.4, -0.2) is 4.40 Å². The van der Waals surface area contributed by atoms with Crippen LogP contribution in [0.1, 0.15) is 0 Å². The molecule has 0 aliphatic carbocycles. The molecule has 0 spiro atoms. The van der Waals surface area contributed by atoms with E-state index in [2.05, 4.69) is 89.3 Å². The number of benzene rings is 5. The van der Waals surface area contributed by atoms with E-state index in [9.17, 15) is 0 Å². The van der Waals surface area contributed by atoms with Gasteiger partial charge < -0.3 is 8.82 Å². The molecule has 2 nitrogen and oxygen atoms in total. The highest BCUT2D eigenvalue weighted by molar-refractivity contribution is 6.36. The van der Waals surface area contributed by atoms with Gasteiger partial charge >= 0.3 is 0 Å². The van der Waals surface area contributed by atoms with Gasteiger partial charge in [-0.05, 0) is 41.1 Å². The van der Waals surface area contributed by atoms with Crippen molar-refractivity contribution in [2.75, 3.05) is 0 Å². The Labute approximate surface area is 170 Å². The molecule has 0 aliphatic rings. The third-order valence-electron chi connectivity index (χ3n) is 6.69. The maximum Gasteiger partial charge on any atom is 0.136 e. The van der Waals surface area contributed by atoms with Crippen molar-refractivity contribution >= 4 is 70.8 Å². The Bertz CT molecular complexity index is 1950. The molecule has 0 saturated carbocycles. The Morgan fingerprint density at radius 3 is 2.20 bits per heavy atom. The monoisotopic (exact) mass is 381 g/mol. The first kappa shape index (κ1) is 14.9. The average Bonchev–Trinajstić information content (AvgIpc) is 3.44. The molecular formula is C28H15NO. The van der Waals surface area contributed by atoms with Gasteiger partial charge in [-0.25, -0.2) is 0 Å². The summed E-state index contributed by atoms with van der Waals surface area (Å²) in [5, 5.41) is 10.2. The minimum atomic E-state index is 0.944. The number of rotatable bonds is 0. The SMILES string of the molecule is c1ccc2c(c1)cc1c3c4c(ccc3n3c5ccccc5c2c13)oc1ccccc14. The topological polar surface area (TPSA) is 17.6 Å². The van der Waals surface area contributed by atoms with Crippen LogP contribution in [0.25, 0.3) is 70.8 Å². The van der Waals surface area contributed by atoms with Crippen LogP contribution in [-0.2, 0) is 0 Å². The van der Waals surface area contributed by atoms with E-state index in [0.29, 0.717) is 0 Å². The van der Waals surface area contributed by atoms with Crippen LogP contribution in [0.5, 0.6) is 0 Å². The molecule has 30 heavy (non-hydrogen) atoms. The zero-order valence-corrected chi connectivity index (χ0v) is 16.0. The van der Waals surface area contributed by atoms with Gasteiger partial charge in [0.25, 0.3) is 0 Å². The van der Waals surface area contributed by atoms with Gasteiger partial charge in [0.15, 0.2) is 0 Å². The van der Waals surface area contributed by atoms with Crippen molar-refractivity contribution in [3.8, 4) is 0 Å². The summed E-state index contributed by atoms with van der Waals surface area (Å²) in [4.78, 5) is 0. The second-order valence-corrected chi connectivity index (χ2v) is 8.15. The molecule has 8 aromatic rings. The van der Waals surface area contributed by atoms with Crippen molar-refractivity contribution in [2.24, 2.45) is 0 Å². The first-order valence-corrected chi connectivity index (χ1v) is 10.3. The Kier molecular flexibility index (Phi) is 2.44. The number of fused-ring (bicyclic) bond motifs is 12. The van der Waals surface area contributed by atoms with Crippen LogP contribution in [0, 0.1) is 0 Å². The zero-order valence-electron chi connectivity index (χ0n) is 16.0. The lowest BCUT2D eigenvalue weighted by Gasteiger charge is -2.03. The highest BCUT2D eigenvalue weighted by atomic mass is 16.3. The molecule has 0 atom stereocenters. The quantitative estimate of drug-likeness (QED) is 0.261. The average molecular weight is 381 g/mol. The van der Waals surface area contributed by atoms with Gasteiger partial charge in [0, 0.05) is 32.3 Å². The van der Waals surface area contributed by atoms with Crippen LogP contribution in [0.15, 0.2) is 95.4 Å². The lowest BCUT2D eigenvalue weighted by molar-refractivity contribution is 0.669. The van der Waals surface area contributed by atoms with Crippen molar-refractivity contribution in [1.29, 1.82) is 0 Å². The van der Waals surface area contributed by atoms with Crippen LogP contribution < -0.4 is 0 Å². The maximum absolute atomic E-state index is 6.21. The Balaban J connectivity index is 1.82. The van der Waals surface area contributed by atoms with Gasteiger partial charge in [0.05, 0.1) is 16.6 Å². The molecular weight excluding hydrogens is 366 g/mol. The van der Waals surface area contributed by atoms with E-state index in [-0.39, 0.29) is 0 Å². The number of hydrogen-bond acceptors (Lipinski definition) is 1. The fourth-order valence-corrected chi connectivity index (χ4v) is 5.55. The Hall–Kier alpha value is -4.04. The fourth-order valence-electron chi connectivity index (χ4n) is 5.55. The van der Waals surface area contributed by atoms with Crippen LogP contribution in [0.4, 0.5) is 0 Å². The van der Waals surface area contributed by atoms with Gasteiger partial charge in [-0.1, -0.05) is 60.7 Å². The summed E-state index contributed by atoms with van der Waals surface area (Å²) in [6.07, 6.45) is 0. The fraction of sp³-hybridized carbons (Fsp3) is 0. The van der Waals surface area contributed by atoms with E-state index in [1.165, 1.54) is 59.6 Å². The molecule has 0 saturated heterocycles. The normalized spacial score (nSPS) is 12.7. The first-order chi connectivity index (χ1) is 14.9. The van der Waals surface area contributed by atoms with Gasteiger partial charge in [0.1, 0.15) is 11.2 Å². The molecule has 0 radical (unpaired) electrons. The molecule has 8 rings (SSSR count). The minimum Gasteiger partial charge on any atom is -0.456 e. The third-order valence-corrected chi connectivity index (χ3v) is 6.69. The van der Waals surface area contributed by atoms with Crippen molar-refractivity contribution in [3.05, 3.63) is 91.0 Å². The number of hydrogen-bond donors (Lipinski definition) is 0. The molecule has 0 bridgehead atoms. The molecule has 0 N–H and O–H groups in total. The van der Waals surface area contributed by atoms with Gasteiger partial charge in [-0.3, -0.25) is 0 Å². The molecule has 0 unspecified atom stereocenters. The predicted octanol–water partition coefficient (Wildman–Crippen LogP) is 7.89. The van der Waals surface area contributed by atoms with Crippen molar-refractivity contribution in [1.82, 2.24) is 4.40 Å². The largest absolute Gasteiger partial charge is 0.456 e. The summed E-state index contributed by atoms with van der Waals surface area (Å²) >= 11 is 0. The van der Waals surface area contributed by atoms with Crippen LogP contribution >= 0.6 is 0 Å². The second-order valence-electron chi connectivity index (χ2n) is 8.15. The molecule has 2 heteroatoms. The number of aromatic nitrogens is 1. The number of furan rings is 1. The molecule has 3 heterocycles. The van der Waals surface area contributed by atoms with Gasteiger partial charge in [0.2, 0.25) is 0 Å². The Morgan fingerprint density at radius 1 is 0.500 bits per heavy atom. The van der Waals surface area contributed by atoms with E-state index in [1.807, 2.05) is 6.07 Å². The predicted molar refractivity (Wildman–Crippen MR) is 126 cm³/mol. The van der Waals surface area contributed by atoms with Crippen molar-refractivity contribution in [2.45, 2.75) is 0 Å². The highest BCUT2D eigenvalue weighted by Crippen LogP contribution is 2.46. The van der Waals surface area contributed by atoms with E-state index in [0.717, 1.165) is 11.2 Å². The van der Waals surface area contributed by atoms with E-state index in [1.54, 1.807) is 0 Å². The van der Waals surface area contributed by atoms with Gasteiger partial charge in [-0.2, -0.15) is 0 Å². The molecule has 3 aromatic heterocycles. The lowest BCUT2D eigenvalue weighted by atomic mass is 9.98. The minimum absolute atomic E-state index is 0.944. The molecule has 0 amide bonds. The zero-order chi connectivity index (χ0) is 19.4. The van der Waals surface area contributed by atoms with E-state index < -0.39 is 0 Å². The molecule has 0 fully saturated rings. The summed E-state index contributed by atoms with van der Waals surface area (Å²) in [7, 11) is 0. The summed E-state index contributed by atoms with van der Waals surface area (Å²) in [6, 6.07) is 32.6. The Morgan fingerprint density at radius 2 is 1.27 bits per heavy atom. The van der Waals surface area contributed by atoms with Crippen molar-refractivity contribution < 1.29 is 4.42 Å². The summed E-state index contributed by atoms with van der Waals surface area (Å²) in [5.74, 6) is 0. The van der Waals surface area contributed by atoms with E-state index in [4.69, 9.17) is 4.42 Å². The van der Waals surface area contributed by atoms with Crippen molar-refractivity contribution in [3.63, 3.8) is 0 Å². The second kappa shape index (κ2) is 4.92. The highest BCUT2D eigenvalue weighted by Gasteiger charge is 2.22. The van der Waals surface area contributed by atoms with E-state index >= 15 is 0 Å². The third kappa shape index (κ3) is 1.56.